The first kappa shape index (κ1) is 45.6. The molecular formula is C39H36ClN3O16. The van der Waals surface area contributed by atoms with Gasteiger partial charge < -0.3 is 47.8 Å². The number of halogens is 1. The van der Waals surface area contributed by atoms with Crippen LogP contribution in [0, 0.1) is 20.2 Å². The number of non-ortho nitro benzene ring substituents is 2. The molecule has 0 aliphatic carbocycles. The van der Waals surface area contributed by atoms with Gasteiger partial charge in [0.05, 0.1) is 49.2 Å². The van der Waals surface area contributed by atoms with Gasteiger partial charge in [-0.1, -0.05) is 18.2 Å². The van der Waals surface area contributed by atoms with E-state index in [0.717, 1.165) is 6.07 Å². The minimum Gasteiger partial charge on any atom is -0.508 e. The Balaban J connectivity index is 0.000000219. The summed E-state index contributed by atoms with van der Waals surface area (Å²) in [4.78, 5) is 52.8. The maximum absolute atomic E-state index is 11.2. The van der Waals surface area contributed by atoms with Crippen molar-refractivity contribution in [3.63, 3.8) is 0 Å². The highest BCUT2D eigenvalue weighted by molar-refractivity contribution is 6.16. The van der Waals surface area contributed by atoms with E-state index in [9.17, 15) is 34.6 Å². The topological polar surface area (TPSA) is 269 Å². The minimum absolute atomic E-state index is 0.0537. The molecule has 0 fully saturated rings. The van der Waals surface area contributed by atoms with Gasteiger partial charge in [0, 0.05) is 23.9 Å². The fraction of sp³-hybridized carbons (Fsp3) is 0.154. The SMILES string of the molecule is COC(=O)c1ccc(CCl)o1.COC(=O)c1ccc(COc2cccc(N)c2)o1.COC(=O)c1ccc(COc2cccc([N+](=O)[O-])c2)o1.O=[N+]([O-])c1cccc(O)c1. The number of hydrogen-bond acceptors (Lipinski definition) is 17. The van der Waals surface area contributed by atoms with E-state index in [1.54, 1.807) is 54.6 Å². The lowest BCUT2D eigenvalue weighted by Crippen LogP contribution is -1.99. The predicted octanol–water partition coefficient (Wildman–Crippen LogP) is 7.89. The van der Waals surface area contributed by atoms with E-state index in [0.29, 0.717) is 34.5 Å². The number of ether oxygens (including phenoxy) is 5. The molecule has 0 radical (unpaired) electrons. The van der Waals surface area contributed by atoms with Gasteiger partial charge in [-0.15, -0.1) is 11.6 Å². The molecule has 6 aromatic rings. The van der Waals surface area contributed by atoms with Crippen LogP contribution >= 0.6 is 11.6 Å². The second-order valence-corrected chi connectivity index (χ2v) is 11.4. The number of esters is 3. The van der Waals surface area contributed by atoms with Gasteiger partial charge in [0.25, 0.3) is 11.4 Å². The fourth-order valence-corrected chi connectivity index (χ4v) is 4.34. The quantitative estimate of drug-likeness (QED) is 0.0296. The van der Waals surface area contributed by atoms with Crippen LogP contribution in [0.2, 0.25) is 0 Å². The summed E-state index contributed by atoms with van der Waals surface area (Å²) in [5.41, 5.74) is 6.10. The first-order valence-electron chi connectivity index (χ1n) is 16.6. The highest BCUT2D eigenvalue weighted by Crippen LogP contribution is 2.21. The van der Waals surface area contributed by atoms with Crippen LogP contribution in [-0.2, 0) is 33.3 Å². The monoisotopic (exact) mass is 837 g/mol. The molecule has 0 unspecified atom stereocenters. The molecule has 0 aliphatic rings. The molecule has 59 heavy (non-hydrogen) atoms. The number of nitro groups is 2. The Kier molecular flexibility index (Phi) is 18.0. The number of rotatable bonds is 12. The van der Waals surface area contributed by atoms with Gasteiger partial charge in [-0.3, -0.25) is 20.2 Å². The molecule has 0 saturated carbocycles. The van der Waals surface area contributed by atoms with E-state index < -0.39 is 27.8 Å². The number of hydrogen-bond donors (Lipinski definition) is 2. The summed E-state index contributed by atoms with van der Waals surface area (Å²) in [6.45, 7) is 0.276. The van der Waals surface area contributed by atoms with E-state index in [2.05, 4.69) is 14.2 Å². The van der Waals surface area contributed by atoms with Gasteiger partial charge in [0.1, 0.15) is 47.7 Å². The average molecular weight is 838 g/mol. The third-order valence-electron chi connectivity index (χ3n) is 6.97. The average Bonchev–Trinajstić information content (AvgIpc) is 4.04. The van der Waals surface area contributed by atoms with Gasteiger partial charge in [-0.05, 0) is 60.7 Å². The number of phenolic OH excluding ortho intramolecular Hbond substituents is 1. The number of carbonyl (C=O) groups excluding carboxylic acids is 3. The molecule has 0 aliphatic heterocycles. The number of alkyl halides is 1. The van der Waals surface area contributed by atoms with Crippen LogP contribution in [0.25, 0.3) is 0 Å². The van der Waals surface area contributed by atoms with Crippen molar-refractivity contribution in [3.05, 3.63) is 164 Å². The normalized spacial score (nSPS) is 9.83. The lowest BCUT2D eigenvalue weighted by molar-refractivity contribution is -0.385. The number of nitrogens with two attached hydrogens (primary N) is 1. The largest absolute Gasteiger partial charge is 0.508 e. The molecule has 19 nitrogen and oxygen atoms in total. The van der Waals surface area contributed by atoms with Crippen molar-refractivity contribution in [2.24, 2.45) is 0 Å². The van der Waals surface area contributed by atoms with E-state index >= 15 is 0 Å². The lowest BCUT2D eigenvalue weighted by Gasteiger charge is -2.04. The van der Waals surface area contributed by atoms with Crippen molar-refractivity contribution in [1.82, 2.24) is 0 Å². The van der Waals surface area contributed by atoms with Gasteiger partial charge >= 0.3 is 17.9 Å². The number of furan rings is 3. The highest BCUT2D eigenvalue weighted by atomic mass is 35.5. The minimum atomic E-state index is -0.577. The van der Waals surface area contributed by atoms with Crippen molar-refractivity contribution >= 4 is 46.6 Å². The Bertz CT molecular complexity index is 2320. The standard InChI is InChI=1S/C13H11NO6.C13H13NO4.C7H7ClO3.C6H5NO3/c1-18-13(15)12-6-5-11(20-12)8-19-10-4-2-3-9(7-10)14(16)17;1-16-13(15)12-6-5-11(18-12)8-17-10-4-2-3-9(14)7-10;1-10-7(9)6-3-2-5(4-8)11-6;8-6-3-1-2-5(4-6)7(9)10/h2-7H,8H2,1H3;2-7H,8,14H2,1H3;2-3H,4H2,1H3;1-4,8H. The first-order valence-corrected chi connectivity index (χ1v) is 17.2. The third kappa shape index (κ3) is 15.3. The van der Waals surface area contributed by atoms with Crippen LogP contribution in [0.3, 0.4) is 0 Å². The summed E-state index contributed by atoms with van der Waals surface area (Å²) in [7, 11) is 3.85. The Hall–Kier alpha value is -7.80. The fourth-order valence-electron chi connectivity index (χ4n) is 4.20. The van der Waals surface area contributed by atoms with Crippen molar-refractivity contribution in [2.45, 2.75) is 19.1 Å². The summed E-state index contributed by atoms with van der Waals surface area (Å²) in [6, 6.07) is 27.5. The van der Waals surface area contributed by atoms with E-state index in [4.69, 9.17) is 45.2 Å². The van der Waals surface area contributed by atoms with Crippen LogP contribution in [-0.4, -0.2) is 54.2 Å². The number of carbonyl (C=O) groups is 3. The number of nitrogen functional groups attached to an aromatic ring is 1. The zero-order valence-electron chi connectivity index (χ0n) is 31.4. The molecule has 0 saturated heterocycles. The lowest BCUT2D eigenvalue weighted by atomic mass is 10.3. The maximum atomic E-state index is 11.2. The summed E-state index contributed by atoms with van der Waals surface area (Å²) in [5.74, 6) is 1.52. The van der Waals surface area contributed by atoms with Crippen LogP contribution in [0.1, 0.15) is 48.9 Å². The summed E-state index contributed by atoms with van der Waals surface area (Å²) >= 11 is 5.44. The van der Waals surface area contributed by atoms with Crippen LogP contribution in [0.4, 0.5) is 17.1 Å². The van der Waals surface area contributed by atoms with Crippen molar-refractivity contribution in [2.75, 3.05) is 27.1 Å². The van der Waals surface area contributed by atoms with Crippen LogP contribution in [0.5, 0.6) is 17.2 Å². The second kappa shape index (κ2) is 23.3. The molecule has 20 heteroatoms. The van der Waals surface area contributed by atoms with E-state index in [1.807, 2.05) is 0 Å². The zero-order chi connectivity index (χ0) is 43.3. The van der Waals surface area contributed by atoms with E-state index in [1.165, 1.54) is 69.9 Å². The molecule has 0 spiro atoms. The maximum Gasteiger partial charge on any atom is 0.373 e. The Morgan fingerprint density at radius 3 is 1.41 bits per heavy atom. The highest BCUT2D eigenvalue weighted by Gasteiger charge is 2.14. The molecule has 3 N–H and O–H groups in total. The number of methoxy groups -OCH3 is 3. The van der Waals surface area contributed by atoms with Crippen molar-refractivity contribution < 1.29 is 66.3 Å². The smallest absolute Gasteiger partial charge is 0.373 e. The van der Waals surface area contributed by atoms with E-state index in [-0.39, 0.29) is 53.5 Å². The van der Waals surface area contributed by atoms with Crippen molar-refractivity contribution in [1.29, 1.82) is 0 Å². The molecule has 0 amide bonds. The summed E-state index contributed by atoms with van der Waals surface area (Å²) in [6.07, 6.45) is 0. The van der Waals surface area contributed by atoms with Crippen LogP contribution in [0.15, 0.2) is 122 Å². The van der Waals surface area contributed by atoms with Gasteiger partial charge in [-0.25, -0.2) is 14.4 Å². The second-order valence-electron chi connectivity index (χ2n) is 11.1. The number of aromatic hydroxyl groups is 1. The van der Waals surface area contributed by atoms with Gasteiger partial charge in [0.2, 0.25) is 17.3 Å². The number of phenols is 1. The number of anilines is 1. The van der Waals surface area contributed by atoms with Crippen molar-refractivity contribution in [3.8, 4) is 17.2 Å². The molecule has 3 aromatic carbocycles. The Morgan fingerprint density at radius 1 is 0.610 bits per heavy atom. The molecule has 310 valence electrons. The number of nitrogens with zero attached hydrogens (tertiary/aromatic N) is 2. The van der Waals surface area contributed by atoms with Crippen LogP contribution < -0.4 is 15.2 Å². The third-order valence-corrected chi connectivity index (χ3v) is 7.23. The molecule has 0 atom stereocenters. The van der Waals surface area contributed by atoms with Gasteiger partial charge in [-0.2, -0.15) is 0 Å². The number of benzene rings is 3. The predicted molar refractivity (Wildman–Crippen MR) is 207 cm³/mol. The zero-order valence-corrected chi connectivity index (χ0v) is 32.2. The Labute approximate surface area is 339 Å². The molecule has 0 bridgehead atoms. The molecule has 3 heterocycles. The first-order chi connectivity index (χ1) is 28.3. The summed E-state index contributed by atoms with van der Waals surface area (Å²) < 4.78 is 39.7. The van der Waals surface area contributed by atoms with Gasteiger partial charge in [0.15, 0.2) is 0 Å². The Morgan fingerprint density at radius 2 is 1.02 bits per heavy atom. The molecule has 3 aromatic heterocycles. The molecular weight excluding hydrogens is 802 g/mol. The number of nitro benzene ring substituents is 2. The summed E-state index contributed by atoms with van der Waals surface area (Å²) in [5, 5.41) is 29.4. The molecule has 6 rings (SSSR count).